The molecule has 1 atom stereocenters. The lowest BCUT2D eigenvalue weighted by Gasteiger charge is -2.51. The first-order valence-corrected chi connectivity index (χ1v) is 11.1. The number of urea groups is 1. The molecule has 1 aliphatic rings. The number of para-hydroxylation sites is 1. The van der Waals surface area contributed by atoms with Crippen LogP contribution in [0, 0.1) is 6.92 Å². The van der Waals surface area contributed by atoms with Gasteiger partial charge in [-0.15, -0.1) is 0 Å². The van der Waals surface area contributed by atoms with Crippen LogP contribution >= 0.6 is 23.2 Å². The van der Waals surface area contributed by atoms with E-state index in [2.05, 4.69) is 63.3 Å². The maximum Gasteiger partial charge on any atom is 0.326 e. The van der Waals surface area contributed by atoms with E-state index in [4.69, 9.17) is 23.2 Å². The molecule has 0 saturated heterocycles. The number of halogens is 2. The normalized spacial score (nSPS) is 19.6. The third kappa shape index (κ3) is 3.93. The molecule has 31 heavy (non-hydrogen) atoms. The lowest BCUT2D eigenvalue weighted by atomic mass is 9.65. The van der Waals surface area contributed by atoms with E-state index >= 15 is 0 Å². The molecule has 3 aromatic rings. The van der Waals surface area contributed by atoms with Crippen LogP contribution in [0.15, 0.2) is 66.7 Å². The Morgan fingerprint density at radius 1 is 0.935 bits per heavy atom. The van der Waals surface area contributed by atoms with Gasteiger partial charge in [0.2, 0.25) is 0 Å². The second kappa shape index (κ2) is 7.89. The summed E-state index contributed by atoms with van der Waals surface area (Å²) in [6.07, 6.45) is 0.787. The second-order valence-corrected chi connectivity index (χ2v) is 9.91. The number of aryl methyl sites for hydroxylation is 1. The molecular formula is C26H26Cl2N2O. The van der Waals surface area contributed by atoms with E-state index in [-0.39, 0.29) is 11.4 Å². The molecule has 5 heteroatoms. The van der Waals surface area contributed by atoms with Gasteiger partial charge < -0.3 is 5.32 Å². The number of nitrogens with zero attached hydrogens (tertiary/aromatic N) is 1. The van der Waals surface area contributed by atoms with E-state index in [0.29, 0.717) is 15.7 Å². The summed E-state index contributed by atoms with van der Waals surface area (Å²) in [7, 11) is 0. The second-order valence-electron chi connectivity index (χ2n) is 9.10. The molecule has 1 unspecified atom stereocenters. The average Bonchev–Trinajstić information content (AvgIpc) is 2.70. The molecule has 0 spiro atoms. The Morgan fingerprint density at radius 3 is 2.29 bits per heavy atom. The first-order valence-electron chi connectivity index (χ1n) is 10.3. The monoisotopic (exact) mass is 452 g/mol. The van der Waals surface area contributed by atoms with E-state index in [1.807, 2.05) is 23.1 Å². The highest BCUT2D eigenvalue weighted by Crippen LogP contribution is 2.50. The fraction of sp³-hybridized carbons (Fsp3) is 0.269. The van der Waals surface area contributed by atoms with Crippen molar-refractivity contribution in [3.05, 3.63) is 93.5 Å². The van der Waals surface area contributed by atoms with Crippen LogP contribution in [0.5, 0.6) is 0 Å². The van der Waals surface area contributed by atoms with Gasteiger partial charge in [0.15, 0.2) is 0 Å². The zero-order valence-electron chi connectivity index (χ0n) is 18.2. The fourth-order valence-electron chi connectivity index (χ4n) is 4.82. The largest absolute Gasteiger partial charge is 0.326 e. The van der Waals surface area contributed by atoms with Crippen LogP contribution in [0.25, 0.3) is 0 Å². The number of anilines is 2. The number of hydrogen-bond acceptors (Lipinski definition) is 1. The van der Waals surface area contributed by atoms with E-state index in [0.717, 1.165) is 17.7 Å². The van der Waals surface area contributed by atoms with E-state index in [1.165, 1.54) is 11.1 Å². The summed E-state index contributed by atoms with van der Waals surface area (Å²) in [5.74, 6) is 0. The van der Waals surface area contributed by atoms with Gasteiger partial charge in [-0.25, -0.2) is 4.79 Å². The number of nitrogens with one attached hydrogen (secondary N) is 1. The molecule has 0 aliphatic carbocycles. The van der Waals surface area contributed by atoms with Crippen LogP contribution in [0.4, 0.5) is 16.2 Å². The lowest BCUT2D eigenvalue weighted by Crippen LogP contribution is -2.57. The predicted molar refractivity (Wildman–Crippen MR) is 131 cm³/mol. The summed E-state index contributed by atoms with van der Waals surface area (Å²) < 4.78 is 0. The molecule has 160 valence electrons. The zero-order chi connectivity index (χ0) is 22.4. The van der Waals surface area contributed by atoms with Gasteiger partial charge >= 0.3 is 6.03 Å². The van der Waals surface area contributed by atoms with Crippen molar-refractivity contribution in [2.75, 3.05) is 10.2 Å². The summed E-state index contributed by atoms with van der Waals surface area (Å²) in [6.45, 7) is 8.60. The van der Waals surface area contributed by atoms with Gasteiger partial charge in [0.25, 0.3) is 0 Å². The Hall–Kier alpha value is -2.49. The van der Waals surface area contributed by atoms with Crippen molar-refractivity contribution in [1.82, 2.24) is 0 Å². The van der Waals surface area contributed by atoms with Crippen LogP contribution in [-0.4, -0.2) is 11.6 Å². The molecule has 0 radical (unpaired) electrons. The van der Waals surface area contributed by atoms with Gasteiger partial charge in [-0.1, -0.05) is 78.2 Å². The highest BCUT2D eigenvalue weighted by Gasteiger charge is 2.47. The fourth-order valence-corrected chi connectivity index (χ4v) is 5.12. The molecule has 0 aromatic heterocycles. The number of carbonyl (C=O) groups excluding carboxylic acids is 1. The smallest absolute Gasteiger partial charge is 0.307 e. The zero-order valence-corrected chi connectivity index (χ0v) is 19.7. The van der Waals surface area contributed by atoms with Crippen LogP contribution in [0.2, 0.25) is 10.0 Å². The highest BCUT2D eigenvalue weighted by atomic mass is 35.5. The molecule has 1 aliphatic heterocycles. The van der Waals surface area contributed by atoms with Gasteiger partial charge in [-0.2, -0.15) is 0 Å². The standard InChI is InChI=1S/C26H26Cl2N2O/c1-17-9-11-18(12-10-17)26(4)16-25(2,3)30(23-8-6-5-7-20(23)26)24(31)29-19-13-14-21(27)22(28)15-19/h5-15H,16H2,1-4H3,(H,29,31). The van der Waals surface area contributed by atoms with Crippen LogP contribution in [0.1, 0.15) is 43.9 Å². The Morgan fingerprint density at radius 2 is 1.61 bits per heavy atom. The molecule has 0 bridgehead atoms. The summed E-state index contributed by atoms with van der Waals surface area (Å²) >= 11 is 12.2. The van der Waals surface area contributed by atoms with E-state index < -0.39 is 5.54 Å². The molecule has 1 heterocycles. The maximum atomic E-state index is 13.5. The Labute approximate surface area is 194 Å². The van der Waals surface area contributed by atoms with Crippen molar-refractivity contribution in [1.29, 1.82) is 0 Å². The third-order valence-corrected chi connectivity index (χ3v) is 6.93. The minimum Gasteiger partial charge on any atom is -0.307 e. The van der Waals surface area contributed by atoms with Crippen molar-refractivity contribution in [3.8, 4) is 0 Å². The lowest BCUT2D eigenvalue weighted by molar-refractivity contribution is 0.243. The molecule has 2 amide bonds. The molecular weight excluding hydrogens is 427 g/mol. The highest BCUT2D eigenvalue weighted by molar-refractivity contribution is 6.42. The number of benzene rings is 3. The van der Waals surface area contributed by atoms with Crippen LogP contribution in [0.3, 0.4) is 0 Å². The average molecular weight is 453 g/mol. The van der Waals surface area contributed by atoms with Crippen molar-refractivity contribution in [3.63, 3.8) is 0 Å². The molecule has 1 N–H and O–H groups in total. The molecule has 3 aromatic carbocycles. The number of rotatable bonds is 2. The van der Waals surface area contributed by atoms with E-state index in [1.54, 1.807) is 18.2 Å². The molecule has 3 nitrogen and oxygen atoms in total. The molecule has 0 saturated carbocycles. The first-order chi connectivity index (χ1) is 14.6. The summed E-state index contributed by atoms with van der Waals surface area (Å²) in [4.78, 5) is 15.3. The number of carbonyl (C=O) groups is 1. The van der Waals surface area contributed by atoms with Crippen molar-refractivity contribution < 1.29 is 4.79 Å². The van der Waals surface area contributed by atoms with Crippen LogP contribution < -0.4 is 10.2 Å². The Kier molecular flexibility index (Phi) is 5.53. The number of hydrogen-bond donors (Lipinski definition) is 1. The van der Waals surface area contributed by atoms with Crippen LogP contribution in [-0.2, 0) is 5.41 Å². The molecule has 0 fully saturated rings. The van der Waals surface area contributed by atoms with E-state index in [9.17, 15) is 4.79 Å². The molecule has 4 rings (SSSR count). The maximum absolute atomic E-state index is 13.5. The van der Waals surface area contributed by atoms with Gasteiger partial charge in [-0.3, -0.25) is 4.90 Å². The van der Waals surface area contributed by atoms with Gasteiger partial charge in [0, 0.05) is 16.6 Å². The topological polar surface area (TPSA) is 32.3 Å². The summed E-state index contributed by atoms with van der Waals surface area (Å²) in [5.41, 5.74) is 4.52. The summed E-state index contributed by atoms with van der Waals surface area (Å²) in [5, 5.41) is 3.86. The minimum atomic E-state index is -0.422. The minimum absolute atomic E-state index is 0.193. The van der Waals surface area contributed by atoms with Crippen molar-refractivity contribution in [2.45, 2.75) is 45.1 Å². The van der Waals surface area contributed by atoms with Gasteiger partial charge in [0.05, 0.1) is 15.7 Å². The SMILES string of the molecule is Cc1ccc(C2(C)CC(C)(C)N(C(=O)Nc3ccc(Cl)c(Cl)c3)c3ccccc32)cc1. The number of amides is 2. The first kappa shape index (κ1) is 21.7. The van der Waals surface area contributed by atoms with Gasteiger partial charge in [0.1, 0.15) is 0 Å². The predicted octanol–water partition coefficient (Wildman–Crippen LogP) is 7.83. The Bertz CT molecular complexity index is 1140. The van der Waals surface area contributed by atoms with Crippen molar-refractivity contribution >= 4 is 40.6 Å². The van der Waals surface area contributed by atoms with Gasteiger partial charge in [-0.05, 0) is 62.6 Å². The van der Waals surface area contributed by atoms with Crippen molar-refractivity contribution in [2.24, 2.45) is 0 Å². The quantitative estimate of drug-likeness (QED) is 0.421. The Balaban J connectivity index is 1.77. The third-order valence-electron chi connectivity index (χ3n) is 6.19. The number of fused-ring (bicyclic) bond motifs is 1. The summed E-state index contributed by atoms with van der Waals surface area (Å²) in [6, 6.07) is 21.8.